The van der Waals surface area contributed by atoms with Gasteiger partial charge in [-0.1, -0.05) is 16.8 Å². The fourth-order valence-electron chi connectivity index (χ4n) is 2.03. The van der Waals surface area contributed by atoms with Gasteiger partial charge in [-0.25, -0.2) is 0 Å². The summed E-state index contributed by atoms with van der Waals surface area (Å²) >= 11 is 7.30. The largest absolute Gasteiger partial charge is 0.507 e. The van der Waals surface area contributed by atoms with Crippen molar-refractivity contribution in [3.63, 3.8) is 0 Å². The average Bonchev–Trinajstić information content (AvgIpc) is 3.31. The van der Waals surface area contributed by atoms with Crippen molar-refractivity contribution in [2.45, 2.75) is 12.8 Å². The number of halogens is 1. The van der Waals surface area contributed by atoms with Crippen LogP contribution in [0.2, 0.25) is 5.02 Å². The second-order valence-corrected chi connectivity index (χ2v) is 6.40. The first-order chi connectivity index (χ1) is 12.5. The molecule has 0 spiro atoms. The van der Waals surface area contributed by atoms with Crippen molar-refractivity contribution < 1.29 is 19.2 Å². The van der Waals surface area contributed by atoms with Crippen LogP contribution < -0.4 is 10.9 Å². The number of nitrogens with one attached hydrogen (secondary N) is 2. The van der Waals surface area contributed by atoms with Gasteiger partial charge < -0.3 is 9.63 Å². The zero-order valence-corrected chi connectivity index (χ0v) is 14.8. The zero-order valence-electron chi connectivity index (χ0n) is 13.2. The Balaban J connectivity index is 1.49. The fourth-order valence-corrected chi connectivity index (χ4v) is 2.84. The molecule has 1 aromatic carbocycles. The highest BCUT2D eigenvalue weighted by Gasteiger charge is 2.14. The van der Waals surface area contributed by atoms with E-state index in [-0.39, 0.29) is 29.2 Å². The van der Waals surface area contributed by atoms with Crippen LogP contribution in [0.3, 0.4) is 0 Å². The lowest BCUT2D eigenvalue weighted by atomic mass is 10.2. The molecule has 0 bridgehead atoms. The van der Waals surface area contributed by atoms with Gasteiger partial charge in [-0.05, 0) is 29.6 Å². The molecular formula is C16H13ClN4O4S. The first-order valence-electron chi connectivity index (χ1n) is 7.46. The van der Waals surface area contributed by atoms with E-state index in [0.717, 1.165) is 5.56 Å². The van der Waals surface area contributed by atoms with E-state index in [1.54, 1.807) is 0 Å². The highest BCUT2D eigenvalue weighted by molar-refractivity contribution is 7.08. The van der Waals surface area contributed by atoms with Crippen LogP contribution in [0.25, 0.3) is 11.4 Å². The number of rotatable bonds is 5. The van der Waals surface area contributed by atoms with Crippen LogP contribution in [0.15, 0.2) is 39.5 Å². The Morgan fingerprint density at radius 2 is 2.12 bits per heavy atom. The summed E-state index contributed by atoms with van der Waals surface area (Å²) < 4.78 is 5.09. The van der Waals surface area contributed by atoms with Gasteiger partial charge in [0.1, 0.15) is 5.75 Å². The van der Waals surface area contributed by atoms with Crippen molar-refractivity contribution in [2.24, 2.45) is 0 Å². The summed E-state index contributed by atoms with van der Waals surface area (Å²) in [7, 11) is 0. The quantitative estimate of drug-likeness (QED) is 0.574. The predicted molar refractivity (Wildman–Crippen MR) is 94.7 cm³/mol. The van der Waals surface area contributed by atoms with Crippen molar-refractivity contribution >= 4 is 34.8 Å². The lowest BCUT2D eigenvalue weighted by Crippen LogP contribution is -2.41. The van der Waals surface area contributed by atoms with Crippen LogP contribution in [-0.4, -0.2) is 27.1 Å². The molecule has 134 valence electrons. The number of carbonyl (C=O) groups excluding carboxylic acids is 2. The van der Waals surface area contributed by atoms with E-state index >= 15 is 0 Å². The fraction of sp³-hybridized carbons (Fsp3) is 0.125. The van der Waals surface area contributed by atoms with Crippen molar-refractivity contribution in [1.29, 1.82) is 0 Å². The summed E-state index contributed by atoms with van der Waals surface area (Å²) in [6.07, 6.45) is 0.258. The van der Waals surface area contributed by atoms with Gasteiger partial charge >= 0.3 is 0 Å². The van der Waals surface area contributed by atoms with E-state index in [0.29, 0.717) is 11.7 Å². The van der Waals surface area contributed by atoms with Crippen molar-refractivity contribution in [1.82, 2.24) is 21.0 Å². The minimum absolute atomic E-state index is 0.0348. The Morgan fingerprint density at radius 3 is 2.88 bits per heavy atom. The summed E-state index contributed by atoms with van der Waals surface area (Å²) in [4.78, 5) is 28.0. The predicted octanol–water partition coefficient (Wildman–Crippen LogP) is 2.55. The Kier molecular flexibility index (Phi) is 5.49. The van der Waals surface area contributed by atoms with Crippen molar-refractivity contribution in [2.75, 3.05) is 0 Å². The maximum absolute atomic E-state index is 11.9. The Hall–Kier alpha value is -2.91. The van der Waals surface area contributed by atoms with Crippen LogP contribution in [0.5, 0.6) is 5.75 Å². The van der Waals surface area contributed by atoms with E-state index < -0.39 is 11.8 Å². The normalized spacial score (nSPS) is 10.5. The van der Waals surface area contributed by atoms with E-state index in [1.807, 2.05) is 16.8 Å². The number of thiophene rings is 1. The molecule has 0 aliphatic heterocycles. The maximum atomic E-state index is 11.9. The number of phenols is 1. The summed E-state index contributed by atoms with van der Waals surface area (Å²) in [5.74, 6) is -0.592. The van der Waals surface area contributed by atoms with Gasteiger partial charge in [0.15, 0.2) is 0 Å². The van der Waals surface area contributed by atoms with Crippen molar-refractivity contribution in [3.05, 3.63) is 51.5 Å². The highest BCUT2D eigenvalue weighted by atomic mass is 35.5. The van der Waals surface area contributed by atoms with Crippen molar-refractivity contribution in [3.8, 4) is 17.1 Å². The van der Waals surface area contributed by atoms with Gasteiger partial charge in [0, 0.05) is 28.8 Å². The summed E-state index contributed by atoms with van der Waals surface area (Å²) in [5, 5.41) is 17.6. The number of hydrogen-bond donors (Lipinski definition) is 3. The molecule has 0 saturated carbocycles. The molecule has 0 fully saturated rings. The zero-order chi connectivity index (χ0) is 18.5. The van der Waals surface area contributed by atoms with Gasteiger partial charge in [-0.3, -0.25) is 20.4 Å². The number of phenolic OH excluding ortho intramolecular Hbond substituents is 1. The SMILES string of the molecule is O=C(CCc1nc(-c2ccsc2)no1)NNC(=O)c1cc(Cl)ccc1O. The summed E-state index contributed by atoms with van der Waals surface area (Å²) in [6.45, 7) is 0. The number of aromatic nitrogens is 2. The topological polar surface area (TPSA) is 117 Å². The molecule has 3 rings (SSSR count). The number of hydrazine groups is 1. The summed E-state index contributed by atoms with van der Waals surface area (Å²) in [5.41, 5.74) is 5.26. The first kappa shape index (κ1) is 17.9. The molecular weight excluding hydrogens is 380 g/mol. The number of aryl methyl sites for hydroxylation is 1. The van der Waals surface area contributed by atoms with E-state index in [2.05, 4.69) is 21.0 Å². The van der Waals surface area contributed by atoms with E-state index in [9.17, 15) is 14.7 Å². The highest BCUT2D eigenvalue weighted by Crippen LogP contribution is 2.21. The Bertz CT molecular complexity index is 926. The lowest BCUT2D eigenvalue weighted by molar-refractivity contribution is -0.121. The minimum atomic E-state index is -0.684. The van der Waals surface area contributed by atoms with Gasteiger partial charge in [0.05, 0.1) is 5.56 Å². The third-order valence-corrected chi connectivity index (χ3v) is 4.25. The number of nitrogens with zero attached hydrogens (tertiary/aromatic N) is 2. The number of amides is 2. The van der Waals surface area contributed by atoms with Gasteiger partial charge in [0.25, 0.3) is 5.91 Å². The molecule has 0 unspecified atom stereocenters. The standard InChI is InChI=1S/C16H13ClN4O4S/c17-10-1-2-12(22)11(7-10)16(24)20-19-13(23)3-4-14-18-15(21-25-14)9-5-6-26-8-9/h1-2,5-8,22H,3-4H2,(H,19,23)(H,20,24). The molecule has 3 aromatic rings. The monoisotopic (exact) mass is 392 g/mol. The van der Waals surface area contributed by atoms with E-state index in [4.69, 9.17) is 16.1 Å². The van der Waals surface area contributed by atoms with Crippen LogP contribution in [0.1, 0.15) is 22.7 Å². The molecule has 10 heteroatoms. The maximum Gasteiger partial charge on any atom is 0.273 e. The molecule has 0 aliphatic rings. The van der Waals surface area contributed by atoms with Gasteiger partial charge in [0.2, 0.25) is 17.6 Å². The average molecular weight is 393 g/mol. The molecule has 2 aromatic heterocycles. The summed E-state index contributed by atoms with van der Waals surface area (Å²) in [6, 6.07) is 5.90. The Morgan fingerprint density at radius 1 is 1.27 bits per heavy atom. The number of carbonyl (C=O) groups is 2. The number of aromatic hydroxyl groups is 1. The molecule has 0 saturated heterocycles. The number of benzene rings is 1. The Labute approximate surface area is 156 Å². The molecule has 26 heavy (non-hydrogen) atoms. The van der Waals surface area contributed by atoms with Crippen LogP contribution in [0.4, 0.5) is 0 Å². The second kappa shape index (κ2) is 7.98. The van der Waals surface area contributed by atoms with Crippen LogP contribution in [0, 0.1) is 0 Å². The molecule has 2 heterocycles. The smallest absolute Gasteiger partial charge is 0.273 e. The van der Waals surface area contributed by atoms with Crippen LogP contribution >= 0.6 is 22.9 Å². The minimum Gasteiger partial charge on any atom is -0.507 e. The molecule has 0 atom stereocenters. The number of hydrogen-bond acceptors (Lipinski definition) is 7. The molecule has 2 amide bonds. The third-order valence-electron chi connectivity index (χ3n) is 3.33. The molecule has 3 N–H and O–H groups in total. The first-order valence-corrected chi connectivity index (χ1v) is 8.78. The molecule has 8 nitrogen and oxygen atoms in total. The lowest BCUT2D eigenvalue weighted by Gasteiger charge is -2.08. The molecule has 0 aliphatic carbocycles. The van der Waals surface area contributed by atoms with Gasteiger partial charge in [-0.2, -0.15) is 16.3 Å². The van der Waals surface area contributed by atoms with Crippen LogP contribution in [-0.2, 0) is 11.2 Å². The van der Waals surface area contributed by atoms with E-state index in [1.165, 1.54) is 29.5 Å². The molecule has 0 radical (unpaired) electrons. The van der Waals surface area contributed by atoms with Gasteiger partial charge in [-0.15, -0.1) is 0 Å². The second-order valence-electron chi connectivity index (χ2n) is 5.19. The third kappa shape index (κ3) is 4.38.